The van der Waals surface area contributed by atoms with Crippen molar-refractivity contribution in [3.8, 4) is 5.75 Å². The Kier molecular flexibility index (Phi) is 5.22. The quantitative estimate of drug-likeness (QED) is 0.615. The van der Waals surface area contributed by atoms with E-state index in [0.717, 1.165) is 12.7 Å². The van der Waals surface area contributed by atoms with Gasteiger partial charge in [-0.05, 0) is 56.5 Å². The summed E-state index contributed by atoms with van der Waals surface area (Å²) in [6.45, 7) is 1.73. The molecule has 1 saturated carbocycles. The monoisotopic (exact) mass is 444 g/mol. The number of aliphatic hydroxyl groups is 1. The van der Waals surface area contributed by atoms with Crippen LogP contribution in [-0.2, 0) is 9.84 Å². The van der Waals surface area contributed by atoms with Crippen molar-refractivity contribution < 1.29 is 18.3 Å². The highest BCUT2D eigenvalue weighted by molar-refractivity contribution is 7.90. The van der Waals surface area contributed by atoms with Gasteiger partial charge < -0.3 is 15.2 Å². The standard InChI is InChI=1S/C21H24N4O5S/c1-21(27)10-4-5-17(21)25-18-13(11-16(30-2)19(25)26)12-22-20(24-18)23-14-6-8-15(9-7-14)31(3,28)29/h6-9,11-12,17,27H,4-5,10H2,1-3H3,(H,22,23,24)/t17-,21-/m1/s1. The molecular formula is C21H24N4O5S. The summed E-state index contributed by atoms with van der Waals surface area (Å²) in [4.78, 5) is 22.1. The number of hydrogen-bond acceptors (Lipinski definition) is 8. The zero-order valence-corrected chi connectivity index (χ0v) is 18.3. The number of sulfone groups is 1. The molecule has 0 saturated heterocycles. The maximum Gasteiger partial charge on any atom is 0.294 e. The molecule has 0 radical (unpaired) electrons. The molecule has 0 spiro atoms. The molecule has 0 amide bonds. The number of anilines is 2. The van der Waals surface area contributed by atoms with E-state index < -0.39 is 21.5 Å². The average Bonchev–Trinajstić information content (AvgIpc) is 3.06. The van der Waals surface area contributed by atoms with Gasteiger partial charge in [0.25, 0.3) is 5.56 Å². The third kappa shape index (κ3) is 4.00. The maximum atomic E-state index is 13.1. The van der Waals surface area contributed by atoms with Crippen LogP contribution in [0.15, 0.2) is 46.2 Å². The number of aromatic nitrogens is 3. The number of nitrogens with zero attached hydrogens (tertiary/aromatic N) is 3. The molecule has 2 N–H and O–H groups in total. The second-order valence-electron chi connectivity index (χ2n) is 8.05. The summed E-state index contributed by atoms with van der Waals surface area (Å²) in [7, 11) is -1.86. The van der Waals surface area contributed by atoms with Crippen LogP contribution in [0.5, 0.6) is 5.75 Å². The minimum atomic E-state index is -3.29. The van der Waals surface area contributed by atoms with Gasteiger partial charge in [-0.2, -0.15) is 4.98 Å². The van der Waals surface area contributed by atoms with E-state index in [1.54, 1.807) is 31.3 Å². The van der Waals surface area contributed by atoms with E-state index in [2.05, 4.69) is 15.3 Å². The molecule has 2 aromatic heterocycles. The second kappa shape index (κ2) is 7.61. The van der Waals surface area contributed by atoms with Crippen molar-refractivity contribution in [1.29, 1.82) is 0 Å². The fraction of sp³-hybridized carbons (Fsp3) is 0.381. The van der Waals surface area contributed by atoms with Gasteiger partial charge in [-0.3, -0.25) is 9.36 Å². The van der Waals surface area contributed by atoms with Crippen LogP contribution in [-0.4, -0.2) is 47.0 Å². The Morgan fingerprint density at radius 1 is 1.29 bits per heavy atom. The minimum Gasteiger partial charge on any atom is -0.491 e. The zero-order chi connectivity index (χ0) is 22.4. The first kappa shape index (κ1) is 21.3. The molecule has 2 heterocycles. The fourth-order valence-corrected chi connectivity index (χ4v) is 4.67. The van der Waals surface area contributed by atoms with Gasteiger partial charge in [0, 0.05) is 23.5 Å². The number of benzene rings is 1. The topological polar surface area (TPSA) is 123 Å². The van der Waals surface area contributed by atoms with Crippen molar-refractivity contribution in [2.24, 2.45) is 0 Å². The van der Waals surface area contributed by atoms with E-state index in [-0.39, 0.29) is 22.2 Å². The summed E-state index contributed by atoms with van der Waals surface area (Å²) < 4.78 is 30.0. The van der Waals surface area contributed by atoms with Gasteiger partial charge in [0.1, 0.15) is 5.65 Å². The third-order valence-electron chi connectivity index (χ3n) is 5.69. The SMILES string of the molecule is COc1cc2cnc(Nc3ccc(S(C)(=O)=O)cc3)nc2n([C@@H]2CCC[C@@]2(C)O)c1=O. The Balaban J connectivity index is 1.79. The number of ether oxygens (including phenoxy) is 1. The van der Waals surface area contributed by atoms with Crippen LogP contribution in [0.2, 0.25) is 0 Å². The van der Waals surface area contributed by atoms with Gasteiger partial charge in [0.15, 0.2) is 15.6 Å². The van der Waals surface area contributed by atoms with E-state index in [1.807, 2.05) is 0 Å². The van der Waals surface area contributed by atoms with E-state index in [9.17, 15) is 18.3 Å². The van der Waals surface area contributed by atoms with Crippen LogP contribution in [0, 0.1) is 0 Å². The molecule has 3 aromatic rings. The third-order valence-corrected chi connectivity index (χ3v) is 6.82. The number of hydrogen-bond donors (Lipinski definition) is 2. The molecule has 9 nitrogen and oxygen atoms in total. The Hall–Kier alpha value is -2.98. The molecule has 0 unspecified atom stereocenters. The summed E-state index contributed by atoms with van der Waals surface area (Å²) >= 11 is 0. The summed E-state index contributed by atoms with van der Waals surface area (Å²) in [5.74, 6) is 0.409. The minimum absolute atomic E-state index is 0.163. The summed E-state index contributed by atoms with van der Waals surface area (Å²) in [6.07, 6.45) is 4.76. The number of methoxy groups -OCH3 is 1. The maximum absolute atomic E-state index is 13.1. The first-order valence-corrected chi connectivity index (χ1v) is 11.7. The smallest absolute Gasteiger partial charge is 0.294 e. The van der Waals surface area contributed by atoms with Crippen LogP contribution in [0.4, 0.5) is 11.6 Å². The highest BCUT2D eigenvalue weighted by Crippen LogP contribution is 2.39. The predicted octanol–water partition coefficient (Wildman–Crippen LogP) is 2.42. The van der Waals surface area contributed by atoms with Crippen LogP contribution in [0.3, 0.4) is 0 Å². The van der Waals surface area contributed by atoms with Crippen LogP contribution in [0.1, 0.15) is 32.2 Å². The van der Waals surface area contributed by atoms with Gasteiger partial charge in [0.2, 0.25) is 5.95 Å². The highest BCUT2D eigenvalue weighted by atomic mass is 32.2. The second-order valence-corrected chi connectivity index (χ2v) is 10.1. The van der Waals surface area contributed by atoms with Crippen LogP contribution in [0.25, 0.3) is 11.0 Å². The summed E-state index contributed by atoms with van der Waals surface area (Å²) in [5, 5.41) is 14.5. The van der Waals surface area contributed by atoms with E-state index in [1.165, 1.54) is 23.8 Å². The molecule has 31 heavy (non-hydrogen) atoms. The molecule has 0 bridgehead atoms. The summed E-state index contributed by atoms with van der Waals surface area (Å²) in [6, 6.07) is 7.38. The zero-order valence-electron chi connectivity index (χ0n) is 17.5. The molecule has 1 aliphatic carbocycles. The van der Waals surface area contributed by atoms with Gasteiger partial charge >= 0.3 is 0 Å². The molecular weight excluding hydrogens is 420 g/mol. The number of pyridine rings is 1. The van der Waals surface area contributed by atoms with Crippen LogP contribution >= 0.6 is 0 Å². The van der Waals surface area contributed by atoms with Crippen molar-refractivity contribution >= 4 is 32.5 Å². The van der Waals surface area contributed by atoms with E-state index >= 15 is 0 Å². The Labute approximate surface area is 179 Å². The number of rotatable bonds is 5. The van der Waals surface area contributed by atoms with Gasteiger partial charge in [-0.1, -0.05) is 0 Å². The van der Waals surface area contributed by atoms with Gasteiger partial charge in [0.05, 0.1) is 23.6 Å². The molecule has 10 heteroatoms. The van der Waals surface area contributed by atoms with E-state index in [4.69, 9.17) is 4.74 Å². The first-order chi connectivity index (χ1) is 14.6. The fourth-order valence-electron chi connectivity index (χ4n) is 4.04. The molecule has 2 atom stereocenters. The van der Waals surface area contributed by atoms with Crippen molar-refractivity contribution in [2.45, 2.75) is 42.7 Å². The predicted molar refractivity (Wildman–Crippen MR) is 117 cm³/mol. The van der Waals surface area contributed by atoms with Crippen molar-refractivity contribution in [1.82, 2.24) is 14.5 Å². The largest absolute Gasteiger partial charge is 0.491 e. The average molecular weight is 445 g/mol. The Bertz CT molecular complexity index is 1300. The van der Waals surface area contributed by atoms with Crippen LogP contribution < -0.4 is 15.6 Å². The lowest BCUT2D eigenvalue weighted by atomic mass is 10.00. The molecule has 4 rings (SSSR count). The normalized spacial score (nSPS) is 21.4. The first-order valence-electron chi connectivity index (χ1n) is 9.86. The molecule has 1 aromatic carbocycles. The number of fused-ring (bicyclic) bond motifs is 1. The molecule has 1 fully saturated rings. The molecule has 1 aliphatic rings. The van der Waals surface area contributed by atoms with Crippen molar-refractivity contribution in [3.05, 3.63) is 46.9 Å². The van der Waals surface area contributed by atoms with E-state index in [0.29, 0.717) is 29.6 Å². The Morgan fingerprint density at radius 3 is 2.58 bits per heavy atom. The lowest BCUT2D eigenvalue weighted by Gasteiger charge is -2.28. The van der Waals surface area contributed by atoms with Gasteiger partial charge in [-0.25, -0.2) is 13.4 Å². The Morgan fingerprint density at radius 2 is 2.00 bits per heavy atom. The van der Waals surface area contributed by atoms with Gasteiger partial charge in [-0.15, -0.1) is 0 Å². The number of nitrogens with one attached hydrogen (secondary N) is 1. The molecule has 0 aliphatic heterocycles. The lowest BCUT2D eigenvalue weighted by Crippen LogP contribution is -2.37. The lowest BCUT2D eigenvalue weighted by molar-refractivity contribution is 0.0264. The molecule has 164 valence electrons. The van der Waals surface area contributed by atoms with Crippen molar-refractivity contribution in [2.75, 3.05) is 18.7 Å². The highest BCUT2D eigenvalue weighted by Gasteiger charge is 2.40. The van der Waals surface area contributed by atoms with Crippen molar-refractivity contribution in [3.63, 3.8) is 0 Å². The summed E-state index contributed by atoms with van der Waals surface area (Å²) in [5.41, 5.74) is -0.405.